The highest BCUT2D eigenvalue weighted by molar-refractivity contribution is 5.26. The molecule has 1 atom stereocenters. The lowest BCUT2D eigenvalue weighted by atomic mass is 10.1. The van der Waals surface area contributed by atoms with E-state index in [2.05, 4.69) is 10.5 Å². The predicted molar refractivity (Wildman–Crippen MR) is 64.6 cm³/mol. The van der Waals surface area contributed by atoms with E-state index in [-0.39, 0.29) is 6.54 Å². The first-order valence-electron chi connectivity index (χ1n) is 5.92. The average Bonchev–Trinajstić information content (AvgIpc) is 2.91. The molecule has 7 heteroatoms. The summed E-state index contributed by atoms with van der Waals surface area (Å²) < 4.78 is 42.0. The van der Waals surface area contributed by atoms with Crippen LogP contribution in [0.5, 0.6) is 0 Å². The zero-order valence-electron chi connectivity index (χ0n) is 10.4. The van der Waals surface area contributed by atoms with Gasteiger partial charge in [-0.05, 0) is 17.7 Å². The van der Waals surface area contributed by atoms with Crippen molar-refractivity contribution >= 4 is 0 Å². The van der Waals surface area contributed by atoms with Crippen LogP contribution >= 0.6 is 0 Å². The summed E-state index contributed by atoms with van der Waals surface area (Å²) in [5.74, 6) is 0.615. The molecule has 4 nitrogen and oxygen atoms in total. The van der Waals surface area contributed by atoms with Crippen LogP contribution in [-0.4, -0.2) is 16.8 Å². The Balaban J connectivity index is 1.87. The summed E-state index contributed by atoms with van der Waals surface area (Å²) >= 11 is 0. The Hall–Kier alpha value is -1.86. The number of aliphatic hydroxyl groups is 1. The van der Waals surface area contributed by atoms with E-state index in [4.69, 9.17) is 4.52 Å². The normalized spacial score (nSPS) is 13.4. The number of nitrogens with one attached hydrogen (secondary N) is 1. The summed E-state index contributed by atoms with van der Waals surface area (Å²) in [6, 6.07) is 6.12. The predicted octanol–water partition coefficient (Wildman–Crippen LogP) is 2.52. The molecule has 0 saturated carbocycles. The van der Waals surface area contributed by atoms with Crippen LogP contribution in [0.1, 0.15) is 23.0 Å². The molecule has 1 heterocycles. The molecule has 2 N–H and O–H groups in total. The second-order valence-corrected chi connectivity index (χ2v) is 4.25. The van der Waals surface area contributed by atoms with E-state index in [1.807, 2.05) is 0 Å². The van der Waals surface area contributed by atoms with Gasteiger partial charge < -0.3 is 14.9 Å². The van der Waals surface area contributed by atoms with Gasteiger partial charge in [0.05, 0.1) is 24.4 Å². The quantitative estimate of drug-likeness (QED) is 0.886. The van der Waals surface area contributed by atoms with Gasteiger partial charge in [-0.2, -0.15) is 13.2 Å². The standard InChI is InChI=1S/C13H13F3N2O2/c14-13(15,16)10-3-1-9(2-4-10)12(19)8-17-7-11-5-6-18-20-11/h1-6,12,17,19H,7-8H2. The van der Waals surface area contributed by atoms with Crippen molar-refractivity contribution < 1.29 is 22.8 Å². The molecule has 0 bridgehead atoms. The number of rotatable bonds is 5. The van der Waals surface area contributed by atoms with Crippen molar-refractivity contribution in [2.75, 3.05) is 6.54 Å². The fourth-order valence-electron chi connectivity index (χ4n) is 1.68. The van der Waals surface area contributed by atoms with Crippen LogP contribution in [0.2, 0.25) is 0 Å². The zero-order chi connectivity index (χ0) is 14.6. The van der Waals surface area contributed by atoms with Crippen molar-refractivity contribution in [1.82, 2.24) is 10.5 Å². The Morgan fingerprint density at radius 3 is 2.45 bits per heavy atom. The number of aromatic nitrogens is 1. The maximum Gasteiger partial charge on any atom is 0.416 e. The lowest BCUT2D eigenvalue weighted by Gasteiger charge is -2.13. The molecule has 20 heavy (non-hydrogen) atoms. The van der Waals surface area contributed by atoms with Crippen molar-refractivity contribution in [3.63, 3.8) is 0 Å². The summed E-state index contributed by atoms with van der Waals surface area (Å²) in [6.07, 6.45) is -3.75. The van der Waals surface area contributed by atoms with Gasteiger partial charge in [-0.25, -0.2) is 0 Å². The molecule has 1 aromatic carbocycles. The van der Waals surface area contributed by atoms with Gasteiger partial charge in [0.25, 0.3) is 0 Å². The number of benzene rings is 1. The SMILES string of the molecule is OC(CNCc1ccno1)c1ccc(C(F)(F)F)cc1. The Morgan fingerprint density at radius 1 is 1.20 bits per heavy atom. The number of aliphatic hydroxyl groups excluding tert-OH is 1. The molecule has 2 rings (SSSR count). The molecule has 0 aliphatic rings. The van der Waals surface area contributed by atoms with Crippen LogP contribution in [0, 0.1) is 0 Å². The van der Waals surface area contributed by atoms with Gasteiger partial charge in [0.2, 0.25) is 0 Å². The van der Waals surface area contributed by atoms with E-state index in [0.29, 0.717) is 17.9 Å². The van der Waals surface area contributed by atoms with E-state index in [1.165, 1.54) is 18.3 Å². The minimum Gasteiger partial charge on any atom is -0.387 e. The molecule has 2 aromatic rings. The van der Waals surface area contributed by atoms with Crippen molar-refractivity contribution in [3.8, 4) is 0 Å². The van der Waals surface area contributed by atoms with E-state index in [0.717, 1.165) is 12.1 Å². The fourth-order valence-corrected chi connectivity index (χ4v) is 1.68. The van der Waals surface area contributed by atoms with Gasteiger partial charge in [-0.15, -0.1) is 0 Å². The lowest BCUT2D eigenvalue weighted by molar-refractivity contribution is -0.137. The first kappa shape index (κ1) is 14.5. The van der Waals surface area contributed by atoms with E-state index in [9.17, 15) is 18.3 Å². The highest BCUT2D eigenvalue weighted by Crippen LogP contribution is 2.29. The highest BCUT2D eigenvalue weighted by atomic mass is 19.4. The third-order valence-corrected chi connectivity index (χ3v) is 2.75. The van der Waals surface area contributed by atoms with Gasteiger partial charge in [-0.3, -0.25) is 0 Å². The third kappa shape index (κ3) is 3.82. The van der Waals surface area contributed by atoms with Crippen LogP contribution in [-0.2, 0) is 12.7 Å². The van der Waals surface area contributed by atoms with E-state index >= 15 is 0 Å². The molecule has 0 radical (unpaired) electrons. The molecular formula is C13H13F3N2O2. The van der Waals surface area contributed by atoms with E-state index in [1.54, 1.807) is 6.07 Å². The summed E-state index contributed by atoms with van der Waals surface area (Å²) in [7, 11) is 0. The molecule has 0 spiro atoms. The van der Waals surface area contributed by atoms with Crippen LogP contribution in [0.3, 0.4) is 0 Å². The van der Waals surface area contributed by atoms with Crippen LogP contribution in [0.4, 0.5) is 13.2 Å². The smallest absolute Gasteiger partial charge is 0.387 e. The third-order valence-electron chi connectivity index (χ3n) is 2.75. The minimum atomic E-state index is -4.37. The molecule has 108 valence electrons. The first-order chi connectivity index (χ1) is 9.47. The molecule has 0 saturated heterocycles. The number of alkyl halides is 3. The minimum absolute atomic E-state index is 0.200. The van der Waals surface area contributed by atoms with Crippen LogP contribution < -0.4 is 5.32 Å². The zero-order valence-corrected chi connectivity index (χ0v) is 10.4. The molecule has 0 amide bonds. The molecule has 1 unspecified atom stereocenters. The average molecular weight is 286 g/mol. The van der Waals surface area contributed by atoms with Gasteiger partial charge in [-0.1, -0.05) is 17.3 Å². The molecule has 0 fully saturated rings. The number of halogens is 3. The van der Waals surface area contributed by atoms with Crippen LogP contribution in [0.25, 0.3) is 0 Å². The second kappa shape index (κ2) is 6.06. The molecular weight excluding hydrogens is 273 g/mol. The maximum atomic E-state index is 12.4. The second-order valence-electron chi connectivity index (χ2n) is 4.25. The first-order valence-corrected chi connectivity index (χ1v) is 5.92. The molecule has 0 aliphatic heterocycles. The topological polar surface area (TPSA) is 58.3 Å². The van der Waals surface area contributed by atoms with Crippen LogP contribution in [0.15, 0.2) is 41.1 Å². The van der Waals surface area contributed by atoms with Gasteiger partial charge in [0, 0.05) is 12.6 Å². The van der Waals surface area contributed by atoms with E-state index < -0.39 is 17.8 Å². The van der Waals surface area contributed by atoms with Crippen molar-refractivity contribution in [2.45, 2.75) is 18.8 Å². The summed E-state index contributed by atoms with van der Waals surface area (Å²) in [5, 5.41) is 16.3. The monoisotopic (exact) mass is 286 g/mol. The molecule has 0 aliphatic carbocycles. The van der Waals surface area contributed by atoms with Crippen molar-refractivity contribution in [1.29, 1.82) is 0 Å². The van der Waals surface area contributed by atoms with Gasteiger partial charge >= 0.3 is 6.18 Å². The summed E-state index contributed by atoms with van der Waals surface area (Å²) in [6.45, 7) is 0.587. The summed E-state index contributed by atoms with van der Waals surface area (Å²) in [5.41, 5.74) is -0.314. The van der Waals surface area contributed by atoms with Crippen molar-refractivity contribution in [2.24, 2.45) is 0 Å². The summed E-state index contributed by atoms with van der Waals surface area (Å²) in [4.78, 5) is 0. The Bertz CT molecular complexity index is 524. The number of hydrogen-bond donors (Lipinski definition) is 2. The van der Waals surface area contributed by atoms with Gasteiger partial charge in [0.1, 0.15) is 5.76 Å². The Labute approximate surface area is 113 Å². The Kier molecular flexibility index (Phi) is 4.41. The number of hydrogen-bond acceptors (Lipinski definition) is 4. The largest absolute Gasteiger partial charge is 0.416 e. The van der Waals surface area contributed by atoms with Crippen molar-refractivity contribution in [3.05, 3.63) is 53.4 Å². The van der Waals surface area contributed by atoms with Gasteiger partial charge in [0.15, 0.2) is 0 Å². The lowest BCUT2D eigenvalue weighted by Crippen LogP contribution is -2.21. The fraction of sp³-hybridized carbons (Fsp3) is 0.308. The Morgan fingerprint density at radius 2 is 1.90 bits per heavy atom. The number of nitrogens with zero attached hydrogens (tertiary/aromatic N) is 1. The highest BCUT2D eigenvalue weighted by Gasteiger charge is 2.30. The maximum absolute atomic E-state index is 12.4. The molecule has 1 aromatic heterocycles.